The molecule has 0 aliphatic carbocycles. The predicted octanol–water partition coefficient (Wildman–Crippen LogP) is 10.6. The first-order valence-electron chi connectivity index (χ1n) is 37.1. The summed E-state index contributed by atoms with van der Waals surface area (Å²) in [5, 5.41) is 120. The van der Waals surface area contributed by atoms with Gasteiger partial charge in [-0.25, -0.2) is 0 Å². The van der Waals surface area contributed by atoms with Gasteiger partial charge in [-0.15, -0.1) is 0 Å². The molecule has 3 rings (SSSR count). The van der Waals surface area contributed by atoms with Crippen molar-refractivity contribution < 1.29 is 89.4 Å². The first-order valence-corrected chi connectivity index (χ1v) is 37.1. The molecule has 3 fully saturated rings. The van der Waals surface area contributed by atoms with E-state index < -0.39 is 124 Å². The Labute approximate surface area is 549 Å². The van der Waals surface area contributed by atoms with E-state index in [9.17, 15) is 61.0 Å². The number of ether oxygens (including phenoxy) is 6. The van der Waals surface area contributed by atoms with Crippen LogP contribution in [0.1, 0.15) is 296 Å². The van der Waals surface area contributed by atoms with Gasteiger partial charge in [0, 0.05) is 6.42 Å². The summed E-state index contributed by atoms with van der Waals surface area (Å²) >= 11 is 0. The monoisotopic (exact) mass is 1300 g/mol. The van der Waals surface area contributed by atoms with Crippen molar-refractivity contribution >= 4 is 5.91 Å². The summed E-state index contributed by atoms with van der Waals surface area (Å²) in [5.41, 5.74) is 0. The molecule has 0 radical (unpaired) electrons. The number of hydrogen-bond donors (Lipinski definition) is 12. The van der Waals surface area contributed by atoms with Gasteiger partial charge in [0.1, 0.15) is 73.2 Å². The van der Waals surface area contributed by atoms with Gasteiger partial charge in [0.15, 0.2) is 18.9 Å². The van der Waals surface area contributed by atoms with E-state index >= 15 is 0 Å². The zero-order valence-corrected chi connectivity index (χ0v) is 56.8. The van der Waals surface area contributed by atoms with Crippen molar-refractivity contribution in [2.75, 3.05) is 26.4 Å². The lowest BCUT2D eigenvalue weighted by Gasteiger charge is -2.48. The van der Waals surface area contributed by atoms with Crippen LogP contribution in [-0.2, 0) is 33.2 Å². The fourth-order valence-electron chi connectivity index (χ4n) is 12.8. The first kappa shape index (κ1) is 83.5. The van der Waals surface area contributed by atoms with Gasteiger partial charge in [-0.2, -0.15) is 0 Å². The average molecular weight is 1300 g/mol. The number of carbonyl (C=O) groups is 1. The van der Waals surface area contributed by atoms with Crippen LogP contribution in [0, 0.1) is 0 Å². The number of unbranched alkanes of at least 4 members (excludes halogenated alkanes) is 38. The molecule has 17 atom stereocenters. The zero-order chi connectivity index (χ0) is 66.1. The van der Waals surface area contributed by atoms with E-state index in [2.05, 4.69) is 43.5 Å². The molecule has 3 saturated heterocycles. The quantitative estimate of drug-likeness (QED) is 0.0199. The second kappa shape index (κ2) is 54.3. The van der Waals surface area contributed by atoms with Crippen LogP contribution in [0.3, 0.4) is 0 Å². The Balaban J connectivity index is 1.23. The van der Waals surface area contributed by atoms with Gasteiger partial charge in [0.2, 0.25) is 5.91 Å². The van der Waals surface area contributed by atoms with Crippen molar-refractivity contribution in [1.29, 1.82) is 0 Å². The van der Waals surface area contributed by atoms with Crippen molar-refractivity contribution in [3.63, 3.8) is 0 Å². The van der Waals surface area contributed by atoms with Gasteiger partial charge in [0.05, 0.1) is 38.6 Å². The third kappa shape index (κ3) is 35.9. The highest BCUT2D eigenvalue weighted by atomic mass is 16.8. The van der Waals surface area contributed by atoms with Crippen LogP contribution in [0.15, 0.2) is 24.3 Å². The smallest absolute Gasteiger partial charge is 0.220 e. The van der Waals surface area contributed by atoms with Crippen LogP contribution in [0.25, 0.3) is 0 Å². The molecule has 0 aromatic rings. The van der Waals surface area contributed by atoms with Crippen LogP contribution in [0.4, 0.5) is 0 Å². The van der Waals surface area contributed by atoms with Crippen LogP contribution in [-0.4, -0.2) is 193 Å². The predicted molar refractivity (Wildman–Crippen MR) is 356 cm³/mol. The summed E-state index contributed by atoms with van der Waals surface area (Å²) in [6.45, 7) is 1.74. The lowest BCUT2D eigenvalue weighted by Crippen LogP contribution is -2.66. The minimum Gasteiger partial charge on any atom is -0.394 e. The van der Waals surface area contributed by atoms with Crippen molar-refractivity contribution in [2.45, 2.75) is 401 Å². The summed E-state index contributed by atoms with van der Waals surface area (Å²) in [5.74, 6) is -0.242. The summed E-state index contributed by atoms with van der Waals surface area (Å²) < 4.78 is 34.3. The van der Waals surface area contributed by atoms with Gasteiger partial charge >= 0.3 is 0 Å². The molecule has 3 aliphatic rings. The Kier molecular flexibility index (Phi) is 49.8. The summed E-state index contributed by atoms with van der Waals surface area (Å²) in [4.78, 5) is 13.3. The maximum atomic E-state index is 13.3. The normalized spacial score (nSPS) is 27.9. The third-order valence-electron chi connectivity index (χ3n) is 18.8. The highest BCUT2D eigenvalue weighted by molar-refractivity contribution is 5.76. The van der Waals surface area contributed by atoms with Crippen molar-refractivity contribution in [3.8, 4) is 0 Å². The van der Waals surface area contributed by atoms with E-state index in [1.54, 1.807) is 0 Å². The van der Waals surface area contributed by atoms with Gasteiger partial charge in [-0.3, -0.25) is 4.79 Å². The molecule has 3 aliphatic heterocycles. The largest absolute Gasteiger partial charge is 0.394 e. The fourth-order valence-corrected chi connectivity index (χ4v) is 12.8. The minimum atomic E-state index is -1.97. The first-order chi connectivity index (χ1) is 44.3. The number of hydrogen-bond acceptors (Lipinski definition) is 18. The number of nitrogens with one attached hydrogen (secondary N) is 1. The number of rotatable bonds is 58. The number of allylic oxidation sites excluding steroid dienone is 4. The SMILES string of the molecule is CCCCCCC/C=C\C/C=C\CCCCCCCCCCCCCCCCCCCCCCCCCCCCCC(=O)NC(COC1OC(CO)C(OC2OC(CO)C(OC3OC(CO)C(O)C(O)C3O)C(O)C2O)C(O)C1O)C(O)CCCCCCCCC. The van der Waals surface area contributed by atoms with E-state index in [0.29, 0.717) is 12.8 Å². The Bertz CT molecular complexity index is 1750. The molecular weight excluding hydrogens is 1170 g/mol. The summed E-state index contributed by atoms with van der Waals surface area (Å²) in [6, 6.07) is -0.881. The third-order valence-corrected chi connectivity index (χ3v) is 18.8. The maximum Gasteiger partial charge on any atom is 0.220 e. The van der Waals surface area contributed by atoms with E-state index in [4.69, 9.17) is 28.4 Å². The Morgan fingerprint density at radius 2 is 0.725 bits per heavy atom. The molecule has 91 heavy (non-hydrogen) atoms. The molecule has 0 aromatic heterocycles. The van der Waals surface area contributed by atoms with E-state index in [1.807, 2.05) is 0 Å². The molecule has 12 N–H and O–H groups in total. The maximum absolute atomic E-state index is 13.3. The number of amides is 1. The average Bonchev–Trinajstić information content (AvgIpc) is 1.40. The highest BCUT2D eigenvalue weighted by Crippen LogP contribution is 2.33. The number of carbonyl (C=O) groups excluding carboxylic acids is 1. The van der Waals surface area contributed by atoms with Crippen molar-refractivity contribution in [3.05, 3.63) is 24.3 Å². The molecule has 17 unspecified atom stereocenters. The molecule has 0 saturated carbocycles. The molecule has 19 nitrogen and oxygen atoms in total. The van der Waals surface area contributed by atoms with Crippen molar-refractivity contribution in [1.82, 2.24) is 5.32 Å². The second-order valence-electron chi connectivity index (χ2n) is 26.8. The zero-order valence-electron chi connectivity index (χ0n) is 56.8. The molecule has 3 heterocycles. The van der Waals surface area contributed by atoms with Crippen LogP contribution < -0.4 is 5.32 Å². The standard InChI is InChI=1S/C72H135NO18/c1-3-5-7-9-11-12-13-14-15-16-17-18-19-20-21-22-23-24-25-26-27-28-29-30-31-32-33-34-35-36-37-38-39-40-41-42-44-46-48-50-60(78)73-55(56(77)49-47-45-43-10-8-6-4-2)54-86-70-66(84)63(81)68(58(52-75)88-70)91-72-67(85)64(82)69(59(53-76)89-72)90-71-65(83)62(80)61(79)57(51-74)87-71/h13-14,16-17,55-59,61-72,74-77,79-85H,3-12,15,18-54H2,1-2H3,(H,73,78)/b14-13-,17-16-. The molecule has 536 valence electrons. The van der Waals surface area contributed by atoms with Crippen LogP contribution in [0.2, 0.25) is 0 Å². The summed E-state index contributed by atoms with van der Waals surface area (Å²) in [6.07, 6.45) is 36.5. The number of aliphatic hydroxyl groups is 11. The lowest BCUT2D eigenvalue weighted by atomic mass is 9.96. The van der Waals surface area contributed by atoms with Gasteiger partial charge in [0.25, 0.3) is 0 Å². The van der Waals surface area contributed by atoms with Gasteiger partial charge in [-0.1, -0.05) is 269 Å². The lowest BCUT2D eigenvalue weighted by molar-refractivity contribution is -0.379. The highest BCUT2D eigenvalue weighted by Gasteiger charge is 2.53. The summed E-state index contributed by atoms with van der Waals surface area (Å²) in [7, 11) is 0. The van der Waals surface area contributed by atoms with Crippen molar-refractivity contribution in [2.24, 2.45) is 0 Å². The topological polar surface area (TPSA) is 307 Å². The Morgan fingerprint density at radius 3 is 1.12 bits per heavy atom. The minimum absolute atomic E-state index is 0.242. The fraction of sp³-hybridized carbons (Fsp3) is 0.931. The van der Waals surface area contributed by atoms with E-state index in [0.717, 1.165) is 64.2 Å². The van der Waals surface area contributed by atoms with E-state index in [-0.39, 0.29) is 18.9 Å². The molecule has 0 bridgehead atoms. The number of aliphatic hydroxyl groups excluding tert-OH is 11. The van der Waals surface area contributed by atoms with Crippen LogP contribution in [0.5, 0.6) is 0 Å². The van der Waals surface area contributed by atoms with Gasteiger partial charge in [-0.05, 0) is 44.9 Å². The van der Waals surface area contributed by atoms with Gasteiger partial charge < -0.3 is 89.9 Å². The Morgan fingerprint density at radius 1 is 0.396 bits per heavy atom. The molecule has 0 aromatic carbocycles. The van der Waals surface area contributed by atoms with E-state index in [1.165, 1.54) is 199 Å². The molecule has 1 amide bonds. The molecule has 19 heteroatoms. The Hall–Kier alpha value is -1.73. The van der Waals surface area contributed by atoms with Crippen LogP contribution >= 0.6 is 0 Å². The second-order valence-corrected chi connectivity index (χ2v) is 26.8. The molecule has 0 spiro atoms. The molecular formula is C72H135NO18.